The molecule has 4 aromatic heterocycles. The van der Waals surface area contributed by atoms with E-state index in [1.165, 1.54) is 6.20 Å². The fourth-order valence-electron chi connectivity index (χ4n) is 3.23. The third-order valence-corrected chi connectivity index (χ3v) is 5.12. The Balaban J connectivity index is 1.62. The van der Waals surface area contributed by atoms with Crippen LogP contribution in [0, 0.1) is 18.3 Å². The van der Waals surface area contributed by atoms with Crippen molar-refractivity contribution in [3.8, 4) is 17.7 Å². The molecule has 0 saturated carbocycles. The summed E-state index contributed by atoms with van der Waals surface area (Å²) in [7, 11) is 5.55. The number of nitrogens with one attached hydrogen (secondary N) is 1. The second-order valence-electron chi connectivity index (χ2n) is 7.53. The zero-order valence-electron chi connectivity index (χ0n) is 18.9. The molecule has 10 heteroatoms. The monoisotopic (exact) mass is 444 g/mol. The molecule has 4 rings (SSSR count). The Morgan fingerprint density at radius 1 is 1.18 bits per heavy atom. The van der Waals surface area contributed by atoms with Crippen LogP contribution in [0.25, 0.3) is 11.2 Å². The molecule has 0 unspecified atom stereocenters. The van der Waals surface area contributed by atoms with Gasteiger partial charge < -0.3 is 24.3 Å². The number of methoxy groups -OCH3 is 1. The molecule has 4 aromatic rings. The third-order valence-electron chi connectivity index (χ3n) is 5.12. The van der Waals surface area contributed by atoms with E-state index >= 15 is 0 Å². The molecule has 0 aromatic carbocycles. The highest BCUT2D eigenvalue weighted by Crippen LogP contribution is 2.31. The number of fused-ring (bicyclic) bond motifs is 1. The predicted molar refractivity (Wildman–Crippen MR) is 125 cm³/mol. The quantitative estimate of drug-likeness (QED) is 0.436. The molecule has 10 nitrogen and oxygen atoms in total. The van der Waals surface area contributed by atoms with Crippen LogP contribution in [0.2, 0.25) is 0 Å². The average Bonchev–Trinajstić information content (AvgIpc) is 3.20. The second kappa shape index (κ2) is 9.50. The lowest BCUT2D eigenvalue weighted by atomic mass is 10.2. The Morgan fingerprint density at radius 3 is 2.73 bits per heavy atom. The van der Waals surface area contributed by atoms with E-state index in [2.05, 4.69) is 30.2 Å². The number of imidazole rings is 1. The van der Waals surface area contributed by atoms with Gasteiger partial charge in [-0.3, -0.25) is 0 Å². The van der Waals surface area contributed by atoms with E-state index in [1.807, 2.05) is 43.8 Å². The normalized spacial score (nSPS) is 10.8. The van der Waals surface area contributed by atoms with Crippen molar-refractivity contribution in [2.24, 2.45) is 7.05 Å². The fourth-order valence-corrected chi connectivity index (χ4v) is 3.23. The van der Waals surface area contributed by atoms with Gasteiger partial charge in [0.15, 0.2) is 11.4 Å². The molecule has 33 heavy (non-hydrogen) atoms. The van der Waals surface area contributed by atoms with E-state index in [4.69, 9.17) is 14.7 Å². The van der Waals surface area contributed by atoms with Crippen molar-refractivity contribution in [2.45, 2.75) is 6.92 Å². The number of pyridine rings is 3. The largest absolute Gasteiger partial charge is 0.437 e. The Kier molecular flexibility index (Phi) is 6.33. The minimum absolute atomic E-state index is 0.333. The van der Waals surface area contributed by atoms with Gasteiger partial charge in [0.25, 0.3) is 0 Å². The zero-order chi connectivity index (χ0) is 23.4. The van der Waals surface area contributed by atoms with Gasteiger partial charge in [-0.2, -0.15) is 10.2 Å². The summed E-state index contributed by atoms with van der Waals surface area (Å²) in [6.07, 6.45) is 5.02. The van der Waals surface area contributed by atoms with Crippen molar-refractivity contribution in [2.75, 3.05) is 37.5 Å². The average molecular weight is 444 g/mol. The zero-order valence-corrected chi connectivity index (χ0v) is 18.9. The highest BCUT2D eigenvalue weighted by atomic mass is 16.5. The first-order valence-electron chi connectivity index (χ1n) is 10.3. The lowest BCUT2D eigenvalue weighted by molar-refractivity contribution is 0.206. The number of nitrogens with zero attached hydrogens (tertiary/aromatic N) is 7. The molecule has 0 aliphatic heterocycles. The number of hydrogen-bond donors (Lipinski definition) is 1. The van der Waals surface area contributed by atoms with Gasteiger partial charge in [0.05, 0.1) is 36.7 Å². The highest BCUT2D eigenvalue weighted by molar-refractivity contribution is 5.88. The standard InChI is InChI=1S/C23H24N8O2/c1-15-9-16(11-24)25-13-19(15)33-21-10-18(22-23(29-21)31(3)14-27-22)28-20-6-5-17(12-26-20)30(2)7-8-32-4/h5-6,9-10,12-14H,7-8H2,1-4H3,(H,26,28,29). The molecule has 1 N–H and O–H groups in total. The van der Waals surface area contributed by atoms with Crippen molar-refractivity contribution in [1.29, 1.82) is 5.26 Å². The summed E-state index contributed by atoms with van der Waals surface area (Å²) in [5, 5.41) is 12.4. The van der Waals surface area contributed by atoms with Crippen molar-refractivity contribution in [1.82, 2.24) is 24.5 Å². The summed E-state index contributed by atoms with van der Waals surface area (Å²) >= 11 is 0. The number of rotatable bonds is 8. The van der Waals surface area contributed by atoms with Gasteiger partial charge in [0.1, 0.15) is 23.1 Å². The van der Waals surface area contributed by atoms with Crippen molar-refractivity contribution in [3.63, 3.8) is 0 Å². The van der Waals surface area contributed by atoms with E-state index in [0.29, 0.717) is 46.6 Å². The molecule has 0 saturated heterocycles. The minimum Gasteiger partial charge on any atom is -0.437 e. The van der Waals surface area contributed by atoms with Crippen molar-refractivity contribution in [3.05, 3.63) is 54.2 Å². The fraction of sp³-hybridized carbons (Fsp3) is 0.261. The number of hydrogen-bond acceptors (Lipinski definition) is 9. The Morgan fingerprint density at radius 2 is 2.03 bits per heavy atom. The second-order valence-corrected chi connectivity index (χ2v) is 7.53. The molecule has 0 aliphatic rings. The predicted octanol–water partition coefficient (Wildman–Crippen LogP) is 3.56. The number of aryl methyl sites for hydroxylation is 2. The van der Waals surface area contributed by atoms with E-state index in [-0.39, 0.29) is 0 Å². The van der Waals surface area contributed by atoms with Gasteiger partial charge in [-0.05, 0) is 30.7 Å². The van der Waals surface area contributed by atoms with Crippen molar-refractivity contribution < 1.29 is 9.47 Å². The van der Waals surface area contributed by atoms with Gasteiger partial charge in [0, 0.05) is 33.8 Å². The number of aromatic nitrogens is 5. The molecule has 168 valence electrons. The molecule has 0 aliphatic carbocycles. The molecular formula is C23H24N8O2. The lowest BCUT2D eigenvalue weighted by Crippen LogP contribution is -2.22. The number of nitriles is 1. The number of anilines is 3. The van der Waals surface area contributed by atoms with Crippen LogP contribution in [-0.2, 0) is 11.8 Å². The Bertz CT molecular complexity index is 1310. The minimum atomic E-state index is 0.333. The first-order valence-corrected chi connectivity index (χ1v) is 10.3. The SMILES string of the molecule is COCCN(C)c1ccc(Nc2cc(Oc3cnc(C#N)cc3C)nc3c2ncn3C)nc1. The van der Waals surface area contributed by atoms with Crippen LogP contribution < -0.4 is 15.0 Å². The van der Waals surface area contributed by atoms with Gasteiger partial charge in [-0.15, -0.1) is 0 Å². The summed E-state index contributed by atoms with van der Waals surface area (Å²) in [6, 6.07) is 9.36. The van der Waals surface area contributed by atoms with Gasteiger partial charge >= 0.3 is 0 Å². The summed E-state index contributed by atoms with van der Waals surface area (Å²) in [4.78, 5) is 19.7. The summed E-state index contributed by atoms with van der Waals surface area (Å²) < 4.78 is 13.0. The molecule has 4 heterocycles. The van der Waals surface area contributed by atoms with E-state index in [1.54, 1.807) is 31.8 Å². The molecule has 0 radical (unpaired) electrons. The van der Waals surface area contributed by atoms with Crippen LogP contribution in [0.4, 0.5) is 17.2 Å². The molecular weight excluding hydrogens is 420 g/mol. The first kappa shape index (κ1) is 22.0. The molecule has 0 atom stereocenters. The Labute approximate surface area is 191 Å². The van der Waals surface area contributed by atoms with E-state index in [0.717, 1.165) is 17.8 Å². The van der Waals surface area contributed by atoms with Crippen LogP contribution in [0.1, 0.15) is 11.3 Å². The molecule has 0 amide bonds. The maximum Gasteiger partial charge on any atom is 0.223 e. The molecule has 0 bridgehead atoms. The lowest BCUT2D eigenvalue weighted by Gasteiger charge is -2.18. The Hall–Kier alpha value is -4.23. The van der Waals surface area contributed by atoms with E-state index < -0.39 is 0 Å². The molecule has 0 fully saturated rings. The maximum atomic E-state index is 9.03. The smallest absolute Gasteiger partial charge is 0.223 e. The van der Waals surface area contributed by atoms with Crippen LogP contribution in [0.5, 0.6) is 11.6 Å². The maximum absolute atomic E-state index is 9.03. The van der Waals surface area contributed by atoms with E-state index in [9.17, 15) is 0 Å². The van der Waals surface area contributed by atoms with Gasteiger partial charge in [-0.1, -0.05) is 0 Å². The van der Waals surface area contributed by atoms with Gasteiger partial charge in [0.2, 0.25) is 5.88 Å². The number of likely N-dealkylation sites (N-methyl/N-ethyl adjacent to an activating group) is 1. The summed E-state index contributed by atoms with van der Waals surface area (Å²) in [5.74, 6) is 1.56. The highest BCUT2D eigenvalue weighted by Gasteiger charge is 2.14. The van der Waals surface area contributed by atoms with Gasteiger partial charge in [-0.25, -0.2) is 15.0 Å². The number of ether oxygens (including phenoxy) is 2. The third kappa shape index (κ3) is 4.83. The van der Waals surface area contributed by atoms with Crippen molar-refractivity contribution >= 4 is 28.4 Å². The van der Waals surface area contributed by atoms with Crippen LogP contribution in [-0.4, -0.2) is 51.8 Å². The summed E-state index contributed by atoms with van der Waals surface area (Å²) in [6.45, 7) is 3.27. The van der Waals surface area contributed by atoms with Crippen LogP contribution in [0.3, 0.4) is 0 Å². The summed E-state index contributed by atoms with van der Waals surface area (Å²) in [5.41, 5.74) is 4.18. The topological polar surface area (TPSA) is 114 Å². The van der Waals surface area contributed by atoms with Crippen LogP contribution >= 0.6 is 0 Å². The molecule has 0 spiro atoms. The first-order chi connectivity index (χ1) is 16.0. The van der Waals surface area contributed by atoms with Crippen LogP contribution in [0.15, 0.2) is 43.0 Å².